The molecule has 126 valence electrons. The van der Waals surface area contributed by atoms with Crippen LogP contribution in [0.2, 0.25) is 0 Å². The average molecular weight is 396 g/mol. The van der Waals surface area contributed by atoms with E-state index < -0.39 is 0 Å². The summed E-state index contributed by atoms with van der Waals surface area (Å²) in [5.74, 6) is -0.155. The Labute approximate surface area is 155 Å². The number of fused-ring (bicyclic) bond motifs is 1. The van der Waals surface area contributed by atoms with Crippen LogP contribution in [0.1, 0.15) is 33.7 Å². The van der Waals surface area contributed by atoms with E-state index in [1.807, 2.05) is 60.1 Å². The number of aromatic nitrogens is 2. The molecular formula is C20H18BrN3O. The van der Waals surface area contributed by atoms with Gasteiger partial charge in [-0.3, -0.25) is 4.79 Å². The topological polar surface area (TPSA) is 46.9 Å². The van der Waals surface area contributed by atoms with Crippen molar-refractivity contribution in [3.63, 3.8) is 0 Å². The third-order valence-electron chi connectivity index (χ3n) is 4.52. The zero-order valence-corrected chi connectivity index (χ0v) is 15.5. The Morgan fingerprint density at radius 3 is 2.72 bits per heavy atom. The van der Waals surface area contributed by atoms with E-state index in [1.165, 1.54) is 0 Å². The molecule has 1 heterocycles. The molecule has 0 spiro atoms. The maximum atomic E-state index is 12.8. The van der Waals surface area contributed by atoms with E-state index in [9.17, 15) is 4.79 Å². The molecule has 0 saturated heterocycles. The zero-order valence-electron chi connectivity index (χ0n) is 13.9. The van der Waals surface area contributed by atoms with Crippen molar-refractivity contribution in [1.29, 1.82) is 0 Å². The van der Waals surface area contributed by atoms with Gasteiger partial charge in [0.15, 0.2) is 5.69 Å². The van der Waals surface area contributed by atoms with Crippen LogP contribution < -0.4 is 5.32 Å². The first-order valence-corrected chi connectivity index (χ1v) is 9.16. The van der Waals surface area contributed by atoms with Crippen LogP contribution in [-0.4, -0.2) is 15.7 Å². The summed E-state index contributed by atoms with van der Waals surface area (Å²) in [6.45, 7) is 2.02. The molecule has 2 aromatic carbocycles. The van der Waals surface area contributed by atoms with E-state index in [-0.39, 0.29) is 5.91 Å². The molecule has 0 unspecified atom stereocenters. The van der Waals surface area contributed by atoms with Crippen LogP contribution >= 0.6 is 15.9 Å². The van der Waals surface area contributed by atoms with Gasteiger partial charge in [0.25, 0.3) is 5.91 Å². The van der Waals surface area contributed by atoms with E-state index in [0.717, 1.165) is 51.9 Å². The number of nitrogens with zero attached hydrogens (tertiary/aromatic N) is 2. The lowest BCUT2D eigenvalue weighted by atomic mass is 10.2. The van der Waals surface area contributed by atoms with Crippen molar-refractivity contribution in [2.45, 2.75) is 26.2 Å². The van der Waals surface area contributed by atoms with Gasteiger partial charge in [0.2, 0.25) is 0 Å². The van der Waals surface area contributed by atoms with E-state index in [0.29, 0.717) is 5.69 Å². The van der Waals surface area contributed by atoms with Gasteiger partial charge >= 0.3 is 0 Å². The van der Waals surface area contributed by atoms with Crippen LogP contribution in [0, 0.1) is 6.92 Å². The summed E-state index contributed by atoms with van der Waals surface area (Å²) in [4.78, 5) is 12.8. The van der Waals surface area contributed by atoms with Gasteiger partial charge in [-0.25, -0.2) is 4.68 Å². The number of amides is 1. The van der Waals surface area contributed by atoms with Gasteiger partial charge in [-0.05, 0) is 71.9 Å². The summed E-state index contributed by atoms with van der Waals surface area (Å²) in [5, 5.41) is 7.62. The van der Waals surface area contributed by atoms with Crippen LogP contribution in [0.4, 0.5) is 5.69 Å². The van der Waals surface area contributed by atoms with Crippen molar-refractivity contribution in [3.05, 3.63) is 75.5 Å². The van der Waals surface area contributed by atoms with Gasteiger partial charge in [0.05, 0.1) is 11.4 Å². The molecule has 3 aromatic rings. The van der Waals surface area contributed by atoms with E-state index >= 15 is 0 Å². The first kappa shape index (κ1) is 16.1. The van der Waals surface area contributed by atoms with Crippen LogP contribution in [-0.2, 0) is 12.8 Å². The maximum Gasteiger partial charge on any atom is 0.276 e. The summed E-state index contributed by atoms with van der Waals surface area (Å²) in [6, 6.07) is 15.9. The molecule has 5 heteroatoms. The highest BCUT2D eigenvalue weighted by Gasteiger charge is 2.27. The number of para-hydroxylation sites is 1. The minimum atomic E-state index is -0.155. The monoisotopic (exact) mass is 395 g/mol. The first-order valence-electron chi connectivity index (χ1n) is 8.37. The first-order chi connectivity index (χ1) is 12.1. The van der Waals surface area contributed by atoms with Crippen LogP contribution in [0.25, 0.3) is 5.69 Å². The number of hydrogen-bond acceptors (Lipinski definition) is 2. The molecule has 1 aliphatic rings. The molecule has 25 heavy (non-hydrogen) atoms. The van der Waals surface area contributed by atoms with Gasteiger partial charge in [0, 0.05) is 15.7 Å². The Hall–Kier alpha value is -2.40. The molecule has 0 bridgehead atoms. The molecule has 4 nitrogen and oxygen atoms in total. The number of carbonyl (C=O) groups excluding carboxylic acids is 1. The molecular weight excluding hydrogens is 378 g/mol. The lowest BCUT2D eigenvalue weighted by molar-refractivity contribution is 0.102. The van der Waals surface area contributed by atoms with Crippen molar-refractivity contribution >= 4 is 27.5 Å². The largest absolute Gasteiger partial charge is 0.320 e. The fraction of sp³-hybridized carbons (Fsp3) is 0.200. The van der Waals surface area contributed by atoms with Crippen molar-refractivity contribution in [2.75, 3.05) is 5.32 Å². The summed E-state index contributed by atoms with van der Waals surface area (Å²) < 4.78 is 2.79. The fourth-order valence-electron chi connectivity index (χ4n) is 3.31. The molecule has 1 aliphatic carbocycles. The van der Waals surface area contributed by atoms with E-state index in [4.69, 9.17) is 0 Å². The Morgan fingerprint density at radius 2 is 1.96 bits per heavy atom. The molecule has 0 saturated carbocycles. The zero-order chi connectivity index (χ0) is 17.4. The standard InChI is InChI=1S/C20H18BrN3O/c1-13-10-11-17(16(21)12-13)22-20(25)19-15-8-5-9-18(15)24(23-19)14-6-3-2-4-7-14/h2-4,6-7,10-12H,5,8-9H2,1H3,(H,22,25). The quantitative estimate of drug-likeness (QED) is 0.699. The minimum Gasteiger partial charge on any atom is -0.320 e. The fourth-order valence-corrected chi connectivity index (χ4v) is 3.90. The van der Waals surface area contributed by atoms with Crippen molar-refractivity contribution in [3.8, 4) is 5.69 Å². The highest BCUT2D eigenvalue weighted by molar-refractivity contribution is 9.10. The van der Waals surface area contributed by atoms with Gasteiger partial charge in [0.1, 0.15) is 0 Å². The summed E-state index contributed by atoms with van der Waals surface area (Å²) >= 11 is 3.51. The normalized spacial score (nSPS) is 12.9. The molecule has 0 fully saturated rings. The summed E-state index contributed by atoms with van der Waals surface area (Å²) in [7, 11) is 0. The lowest BCUT2D eigenvalue weighted by Crippen LogP contribution is -2.15. The molecule has 0 aliphatic heterocycles. The van der Waals surface area contributed by atoms with E-state index in [2.05, 4.69) is 26.3 Å². The van der Waals surface area contributed by atoms with Crippen LogP contribution in [0.5, 0.6) is 0 Å². The number of carbonyl (C=O) groups is 1. The predicted molar refractivity (Wildman–Crippen MR) is 102 cm³/mol. The van der Waals surface area contributed by atoms with Crippen LogP contribution in [0.3, 0.4) is 0 Å². The Balaban J connectivity index is 1.70. The summed E-state index contributed by atoms with van der Waals surface area (Å²) in [5.41, 5.74) is 5.65. The highest BCUT2D eigenvalue weighted by atomic mass is 79.9. The maximum absolute atomic E-state index is 12.8. The van der Waals surface area contributed by atoms with Gasteiger partial charge in [-0.2, -0.15) is 5.10 Å². The summed E-state index contributed by atoms with van der Waals surface area (Å²) in [6.07, 6.45) is 2.92. The SMILES string of the molecule is Cc1ccc(NC(=O)c2nn(-c3ccccc3)c3c2CCC3)c(Br)c1. The third kappa shape index (κ3) is 3.00. The van der Waals surface area contributed by atoms with Gasteiger partial charge < -0.3 is 5.32 Å². The molecule has 1 N–H and O–H groups in total. The number of rotatable bonds is 3. The molecule has 1 aromatic heterocycles. The number of aryl methyl sites for hydroxylation is 1. The Bertz CT molecular complexity index is 947. The van der Waals surface area contributed by atoms with Crippen molar-refractivity contribution in [2.24, 2.45) is 0 Å². The number of benzene rings is 2. The minimum absolute atomic E-state index is 0.155. The van der Waals surface area contributed by atoms with Crippen LogP contribution in [0.15, 0.2) is 53.0 Å². The number of hydrogen-bond donors (Lipinski definition) is 1. The smallest absolute Gasteiger partial charge is 0.276 e. The molecule has 1 amide bonds. The second-order valence-corrected chi connectivity index (χ2v) is 7.17. The van der Waals surface area contributed by atoms with Gasteiger partial charge in [-0.1, -0.05) is 24.3 Å². The number of halogens is 1. The Morgan fingerprint density at radius 1 is 1.16 bits per heavy atom. The highest BCUT2D eigenvalue weighted by Crippen LogP contribution is 2.29. The Kier molecular flexibility index (Phi) is 4.17. The van der Waals surface area contributed by atoms with E-state index in [1.54, 1.807) is 0 Å². The lowest BCUT2D eigenvalue weighted by Gasteiger charge is -2.07. The third-order valence-corrected chi connectivity index (χ3v) is 5.17. The molecule has 4 rings (SSSR count). The molecule has 0 atom stereocenters. The number of nitrogens with one attached hydrogen (secondary N) is 1. The predicted octanol–water partition coefficient (Wildman–Crippen LogP) is 4.68. The second kappa shape index (κ2) is 6.48. The van der Waals surface area contributed by atoms with Crippen molar-refractivity contribution < 1.29 is 4.79 Å². The van der Waals surface area contributed by atoms with Gasteiger partial charge in [-0.15, -0.1) is 0 Å². The number of anilines is 1. The average Bonchev–Trinajstić information content (AvgIpc) is 3.20. The molecule has 0 radical (unpaired) electrons. The van der Waals surface area contributed by atoms with Crippen molar-refractivity contribution in [1.82, 2.24) is 9.78 Å². The second-order valence-electron chi connectivity index (χ2n) is 6.31.